The first-order valence-corrected chi connectivity index (χ1v) is 5.39. The molecular weight excluding hydrogens is 345 g/mol. The molecule has 1 aromatic rings. The van der Waals surface area contributed by atoms with E-state index in [1.807, 2.05) is 7.05 Å². The SMILES string of the molecule is C=CCNC(=NC)NCC(O)c1cnn(C)c1.I. The lowest BCUT2D eigenvalue weighted by molar-refractivity contribution is 0.181. The number of aliphatic hydroxyl groups excluding tert-OH is 1. The van der Waals surface area contributed by atoms with Crippen molar-refractivity contribution >= 4 is 29.9 Å². The van der Waals surface area contributed by atoms with E-state index in [-0.39, 0.29) is 24.0 Å². The summed E-state index contributed by atoms with van der Waals surface area (Å²) < 4.78 is 1.66. The van der Waals surface area contributed by atoms with Gasteiger partial charge >= 0.3 is 0 Å². The molecule has 7 heteroatoms. The van der Waals surface area contributed by atoms with Gasteiger partial charge < -0.3 is 15.7 Å². The van der Waals surface area contributed by atoms with E-state index in [2.05, 4.69) is 27.3 Å². The van der Waals surface area contributed by atoms with E-state index in [0.29, 0.717) is 19.0 Å². The minimum Gasteiger partial charge on any atom is -0.386 e. The second-order valence-corrected chi connectivity index (χ2v) is 3.59. The second-order valence-electron chi connectivity index (χ2n) is 3.59. The molecule has 1 rings (SSSR count). The summed E-state index contributed by atoms with van der Waals surface area (Å²) in [7, 11) is 3.49. The maximum Gasteiger partial charge on any atom is 0.191 e. The molecular formula is C11H20IN5O. The largest absolute Gasteiger partial charge is 0.386 e. The van der Waals surface area contributed by atoms with E-state index >= 15 is 0 Å². The maximum atomic E-state index is 9.88. The molecule has 0 bridgehead atoms. The molecule has 0 aliphatic heterocycles. The standard InChI is InChI=1S/C11H19N5O.HI/c1-4-5-13-11(12-2)14-7-10(17)9-6-15-16(3)8-9;/h4,6,8,10,17H,1,5,7H2,2-3H3,(H2,12,13,14);1H. The number of guanidine groups is 1. The molecule has 0 aliphatic rings. The predicted molar refractivity (Wildman–Crippen MR) is 83.1 cm³/mol. The number of aliphatic imine (C=N–C) groups is 1. The third-order valence-corrected chi connectivity index (χ3v) is 2.21. The number of aryl methyl sites for hydroxylation is 1. The Morgan fingerprint density at radius 3 is 2.89 bits per heavy atom. The van der Waals surface area contributed by atoms with Crippen molar-refractivity contribution in [2.45, 2.75) is 6.10 Å². The molecule has 1 heterocycles. The topological polar surface area (TPSA) is 74.5 Å². The van der Waals surface area contributed by atoms with Crippen molar-refractivity contribution < 1.29 is 5.11 Å². The zero-order chi connectivity index (χ0) is 12.7. The number of aromatic nitrogens is 2. The average molecular weight is 365 g/mol. The van der Waals surface area contributed by atoms with Crippen molar-refractivity contribution in [3.8, 4) is 0 Å². The van der Waals surface area contributed by atoms with Crippen LogP contribution in [0.15, 0.2) is 30.0 Å². The molecule has 0 amide bonds. The lowest BCUT2D eigenvalue weighted by Crippen LogP contribution is -2.39. The van der Waals surface area contributed by atoms with E-state index < -0.39 is 6.10 Å². The lowest BCUT2D eigenvalue weighted by Gasteiger charge is -2.13. The fraction of sp³-hybridized carbons (Fsp3) is 0.455. The second kappa shape index (κ2) is 8.92. The molecule has 0 aromatic carbocycles. The van der Waals surface area contributed by atoms with Crippen LogP contribution in [-0.4, -0.2) is 41.0 Å². The third kappa shape index (κ3) is 5.50. The van der Waals surface area contributed by atoms with Crippen molar-refractivity contribution in [1.82, 2.24) is 20.4 Å². The Labute approximate surface area is 124 Å². The van der Waals surface area contributed by atoms with Gasteiger partial charge in [-0.2, -0.15) is 5.10 Å². The van der Waals surface area contributed by atoms with Crippen LogP contribution in [0.3, 0.4) is 0 Å². The number of halogens is 1. The van der Waals surface area contributed by atoms with Crippen LogP contribution in [0.25, 0.3) is 0 Å². The summed E-state index contributed by atoms with van der Waals surface area (Å²) in [5, 5.41) is 19.9. The van der Waals surface area contributed by atoms with Crippen LogP contribution in [0.2, 0.25) is 0 Å². The smallest absolute Gasteiger partial charge is 0.191 e. The quantitative estimate of drug-likeness (QED) is 0.306. The van der Waals surface area contributed by atoms with E-state index in [1.54, 1.807) is 30.2 Å². The molecule has 0 fully saturated rings. The Morgan fingerprint density at radius 2 is 2.39 bits per heavy atom. The van der Waals surface area contributed by atoms with Crippen LogP contribution >= 0.6 is 24.0 Å². The van der Waals surface area contributed by atoms with Gasteiger partial charge in [0.25, 0.3) is 0 Å². The molecule has 0 aliphatic carbocycles. The van der Waals surface area contributed by atoms with Gasteiger partial charge in [-0.3, -0.25) is 9.67 Å². The summed E-state index contributed by atoms with van der Waals surface area (Å²) in [5.41, 5.74) is 0.777. The van der Waals surface area contributed by atoms with Crippen molar-refractivity contribution in [3.63, 3.8) is 0 Å². The number of rotatable bonds is 5. The molecule has 3 N–H and O–H groups in total. The van der Waals surface area contributed by atoms with Crippen LogP contribution in [-0.2, 0) is 7.05 Å². The molecule has 0 radical (unpaired) electrons. The molecule has 1 atom stereocenters. The Bertz CT molecular complexity index is 391. The molecule has 0 spiro atoms. The highest BCUT2D eigenvalue weighted by molar-refractivity contribution is 14.0. The minimum absolute atomic E-state index is 0. The summed E-state index contributed by atoms with van der Waals surface area (Å²) in [6.07, 6.45) is 4.56. The number of nitrogens with zero attached hydrogens (tertiary/aromatic N) is 3. The fourth-order valence-electron chi connectivity index (χ4n) is 1.31. The van der Waals surface area contributed by atoms with Crippen molar-refractivity contribution in [2.24, 2.45) is 12.0 Å². The number of aliphatic hydroxyl groups is 1. The van der Waals surface area contributed by atoms with E-state index in [4.69, 9.17) is 0 Å². The zero-order valence-electron chi connectivity index (χ0n) is 10.6. The van der Waals surface area contributed by atoms with Gasteiger partial charge in [-0.05, 0) is 0 Å². The van der Waals surface area contributed by atoms with Crippen molar-refractivity contribution in [1.29, 1.82) is 0 Å². The lowest BCUT2D eigenvalue weighted by atomic mass is 10.2. The summed E-state index contributed by atoms with van der Waals surface area (Å²) in [6, 6.07) is 0. The van der Waals surface area contributed by atoms with Crippen LogP contribution in [0, 0.1) is 0 Å². The Kier molecular flexibility index (Phi) is 8.38. The van der Waals surface area contributed by atoms with Crippen LogP contribution in [0.1, 0.15) is 11.7 Å². The molecule has 102 valence electrons. The van der Waals surface area contributed by atoms with Gasteiger partial charge in [-0.1, -0.05) is 6.08 Å². The average Bonchev–Trinajstić information content (AvgIpc) is 2.76. The number of nitrogens with one attached hydrogen (secondary N) is 2. The van der Waals surface area contributed by atoms with Crippen LogP contribution in [0.5, 0.6) is 0 Å². The summed E-state index contributed by atoms with van der Waals surface area (Å²) >= 11 is 0. The molecule has 1 unspecified atom stereocenters. The monoisotopic (exact) mass is 365 g/mol. The maximum absolute atomic E-state index is 9.88. The normalized spacial score (nSPS) is 12.5. The van der Waals surface area contributed by atoms with Crippen molar-refractivity contribution in [3.05, 3.63) is 30.6 Å². The first-order valence-electron chi connectivity index (χ1n) is 5.39. The molecule has 0 saturated carbocycles. The highest BCUT2D eigenvalue weighted by Gasteiger charge is 2.09. The third-order valence-electron chi connectivity index (χ3n) is 2.21. The summed E-state index contributed by atoms with van der Waals surface area (Å²) in [4.78, 5) is 4.01. The van der Waals surface area contributed by atoms with Gasteiger partial charge in [0.15, 0.2) is 5.96 Å². The van der Waals surface area contributed by atoms with E-state index in [9.17, 15) is 5.11 Å². The van der Waals surface area contributed by atoms with Gasteiger partial charge in [0.1, 0.15) is 0 Å². The molecule has 18 heavy (non-hydrogen) atoms. The Morgan fingerprint density at radius 1 is 1.67 bits per heavy atom. The summed E-state index contributed by atoms with van der Waals surface area (Å²) in [5.74, 6) is 0.632. The first-order chi connectivity index (χ1) is 8.17. The molecule has 0 saturated heterocycles. The van der Waals surface area contributed by atoms with Crippen molar-refractivity contribution in [2.75, 3.05) is 20.1 Å². The van der Waals surface area contributed by atoms with Gasteiger partial charge in [0, 0.05) is 38.9 Å². The minimum atomic E-state index is -0.606. The Balaban J connectivity index is 0.00000289. The van der Waals surface area contributed by atoms with Crippen LogP contribution < -0.4 is 10.6 Å². The zero-order valence-corrected chi connectivity index (χ0v) is 13.0. The highest BCUT2D eigenvalue weighted by Crippen LogP contribution is 2.09. The molecule has 1 aromatic heterocycles. The first kappa shape index (κ1) is 16.9. The van der Waals surface area contributed by atoms with E-state index in [0.717, 1.165) is 5.56 Å². The van der Waals surface area contributed by atoms with E-state index in [1.165, 1.54) is 0 Å². The fourth-order valence-corrected chi connectivity index (χ4v) is 1.31. The summed E-state index contributed by atoms with van der Waals surface area (Å²) in [6.45, 7) is 4.61. The Hall–Kier alpha value is -1.09. The van der Waals surface area contributed by atoms with Gasteiger partial charge in [0.05, 0.1) is 12.3 Å². The highest BCUT2D eigenvalue weighted by atomic mass is 127. The van der Waals surface area contributed by atoms with Crippen LogP contribution in [0.4, 0.5) is 0 Å². The number of hydrogen-bond donors (Lipinski definition) is 3. The predicted octanol–water partition coefficient (Wildman–Crippen LogP) is 0.423. The van der Waals surface area contributed by atoms with Gasteiger partial charge in [-0.15, -0.1) is 30.6 Å². The van der Waals surface area contributed by atoms with Gasteiger partial charge in [0.2, 0.25) is 0 Å². The molecule has 6 nitrogen and oxygen atoms in total. The number of hydrogen-bond acceptors (Lipinski definition) is 3. The van der Waals surface area contributed by atoms with Gasteiger partial charge in [-0.25, -0.2) is 0 Å².